The maximum atomic E-state index is 3.36. The van der Waals surface area contributed by atoms with Crippen molar-refractivity contribution in [2.75, 3.05) is 13.6 Å². The Morgan fingerprint density at radius 3 is 2.61 bits per heavy atom. The number of aromatic nitrogens is 1. The van der Waals surface area contributed by atoms with Crippen LogP contribution in [0.4, 0.5) is 0 Å². The van der Waals surface area contributed by atoms with E-state index in [1.54, 1.807) is 5.56 Å². The van der Waals surface area contributed by atoms with Crippen LogP contribution in [0.2, 0.25) is 0 Å². The van der Waals surface area contributed by atoms with Gasteiger partial charge in [-0.3, -0.25) is 0 Å². The molecule has 1 aliphatic carbocycles. The summed E-state index contributed by atoms with van der Waals surface area (Å²) in [7, 11) is 4.23. The summed E-state index contributed by atoms with van der Waals surface area (Å²) in [5, 5.41) is 4.82. The van der Waals surface area contributed by atoms with E-state index in [1.807, 2.05) is 0 Å². The van der Waals surface area contributed by atoms with Crippen molar-refractivity contribution in [3.8, 4) is 0 Å². The molecule has 0 unspecified atom stereocenters. The molecule has 1 fully saturated rings. The topological polar surface area (TPSA) is 17.0 Å². The third kappa shape index (κ3) is 1.59. The highest BCUT2D eigenvalue weighted by Gasteiger charge is 2.45. The molecule has 1 N–H and O–H groups in total. The molecule has 1 heterocycles. The standard InChI is InChI=1S/C16H22N2/c1-11-7-12(2)15-13(8-11)14(9-18(15)4)16(5-6-16)10-17-3/h7-9,17H,5-6,10H2,1-4H3. The summed E-state index contributed by atoms with van der Waals surface area (Å²) in [6, 6.07) is 4.64. The maximum Gasteiger partial charge on any atom is 0.0510 e. The lowest BCUT2D eigenvalue weighted by Gasteiger charge is -2.14. The minimum atomic E-state index is 0.397. The summed E-state index contributed by atoms with van der Waals surface area (Å²) in [5.41, 5.74) is 6.10. The molecule has 0 radical (unpaired) electrons. The lowest BCUT2D eigenvalue weighted by molar-refractivity contribution is 0.626. The number of aryl methyl sites for hydroxylation is 3. The van der Waals surface area contributed by atoms with Crippen LogP contribution in [0.5, 0.6) is 0 Å². The van der Waals surface area contributed by atoms with E-state index in [4.69, 9.17) is 0 Å². The second kappa shape index (κ2) is 3.86. The molecule has 0 bridgehead atoms. The van der Waals surface area contributed by atoms with Gasteiger partial charge in [0, 0.05) is 30.6 Å². The number of likely N-dealkylation sites (N-methyl/N-ethyl adjacent to an activating group) is 1. The van der Waals surface area contributed by atoms with E-state index in [2.05, 4.69) is 56.2 Å². The molecule has 2 aromatic rings. The first-order chi connectivity index (χ1) is 8.57. The van der Waals surface area contributed by atoms with E-state index >= 15 is 0 Å². The average Bonchev–Trinajstić information content (AvgIpc) is 2.98. The van der Waals surface area contributed by atoms with Gasteiger partial charge in [-0.05, 0) is 50.9 Å². The number of hydrogen-bond acceptors (Lipinski definition) is 1. The Bertz CT molecular complexity index is 603. The van der Waals surface area contributed by atoms with Gasteiger partial charge in [0.05, 0.1) is 5.52 Å². The molecule has 0 spiro atoms. The number of benzene rings is 1. The largest absolute Gasteiger partial charge is 0.350 e. The van der Waals surface area contributed by atoms with Crippen LogP contribution in [0.3, 0.4) is 0 Å². The second-order valence-electron chi connectivity index (χ2n) is 5.94. The highest BCUT2D eigenvalue weighted by atomic mass is 14.9. The van der Waals surface area contributed by atoms with Gasteiger partial charge < -0.3 is 9.88 Å². The zero-order chi connectivity index (χ0) is 12.9. The Morgan fingerprint density at radius 2 is 2.00 bits per heavy atom. The van der Waals surface area contributed by atoms with Gasteiger partial charge in [0.15, 0.2) is 0 Å². The van der Waals surface area contributed by atoms with Crippen molar-refractivity contribution in [1.82, 2.24) is 9.88 Å². The van der Waals surface area contributed by atoms with Crippen LogP contribution in [0.15, 0.2) is 18.3 Å². The molecule has 2 heteroatoms. The van der Waals surface area contributed by atoms with Crippen LogP contribution in [0.25, 0.3) is 10.9 Å². The number of rotatable bonds is 3. The molecular weight excluding hydrogens is 220 g/mol. The van der Waals surface area contributed by atoms with Crippen LogP contribution >= 0.6 is 0 Å². The minimum absolute atomic E-state index is 0.397. The fourth-order valence-corrected chi connectivity index (χ4v) is 3.41. The van der Waals surface area contributed by atoms with E-state index in [1.165, 1.54) is 34.9 Å². The summed E-state index contributed by atoms with van der Waals surface area (Å²) in [6.45, 7) is 5.51. The Balaban J connectivity index is 2.25. The van der Waals surface area contributed by atoms with Gasteiger partial charge in [-0.1, -0.05) is 11.6 Å². The van der Waals surface area contributed by atoms with E-state index < -0.39 is 0 Å². The van der Waals surface area contributed by atoms with E-state index in [0.717, 1.165) is 6.54 Å². The summed E-state index contributed by atoms with van der Waals surface area (Å²) in [5.74, 6) is 0. The number of fused-ring (bicyclic) bond motifs is 1. The average molecular weight is 242 g/mol. The van der Waals surface area contributed by atoms with Crippen molar-refractivity contribution >= 4 is 10.9 Å². The smallest absolute Gasteiger partial charge is 0.0510 e. The number of nitrogens with zero attached hydrogens (tertiary/aromatic N) is 1. The van der Waals surface area contributed by atoms with Crippen LogP contribution in [-0.4, -0.2) is 18.2 Å². The molecule has 3 rings (SSSR count). The van der Waals surface area contributed by atoms with Crippen LogP contribution in [-0.2, 0) is 12.5 Å². The molecule has 1 aromatic heterocycles. The molecule has 0 amide bonds. The fraction of sp³-hybridized carbons (Fsp3) is 0.500. The molecular formula is C16H22N2. The zero-order valence-electron chi connectivity index (χ0n) is 11.8. The highest BCUT2D eigenvalue weighted by Crippen LogP contribution is 2.50. The first-order valence-electron chi connectivity index (χ1n) is 6.79. The van der Waals surface area contributed by atoms with Crippen molar-refractivity contribution in [3.05, 3.63) is 35.0 Å². The Morgan fingerprint density at radius 1 is 1.28 bits per heavy atom. The summed E-state index contributed by atoms with van der Waals surface area (Å²) < 4.78 is 2.30. The Kier molecular flexibility index (Phi) is 2.53. The normalized spacial score (nSPS) is 17.3. The molecule has 1 aromatic carbocycles. The van der Waals surface area contributed by atoms with Gasteiger partial charge in [0.2, 0.25) is 0 Å². The fourth-order valence-electron chi connectivity index (χ4n) is 3.41. The van der Waals surface area contributed by atoms with Gasteiger partial charge in [0.1, 0.15) is 0 Å². The predicted octanol–water partition coefficient (Wildman–Crippen LogP) is 3.05. The van der Waals surface area contributed by atoms with E-state index in [0.29, 0.717) is 5.41 Å². The van der Waals surface area contributed by atoms with Crippen molar-refractivity contribution < 1.29 is 0 Å². The monoisotopic (exact) mass is 242 g/mol. The lowest BCUT2D eigenvalue weighted by Crippen LogP contribution is -2.23. The van der Waals surface area contributed by atoms with Gasteiger partial charge in [-0.2, -0.15) is 0 Å². The van der Waals surface area contributed by atoms with E-state index in [9.17, 15) is 0 Å². The first kappa shape index (κ1) is 11.8. The Labute approximate surface area is 109 Å². The van der Waals surface area contributed by atoms with Crippen molar-refractivity contribution in [1.29, 1.82) is 0 Å². The van der Waals surface area contributed by atoms with Crippen LogP contribution in [0, 0.1) is 13.8 Å². The third-order valence-electron chi connectivity index (χ3n) is 4.35. The molecule has 96 valence electrons. The molecule has 0 atom stereocenters. The van der Waals surface area contributed by atoms with Crippen molar-refractivity contribution in [2.24, 2.45) is 7.05 Å². The van der Waals surface area contributed by atoms with Gasteiger partial charge in [-0.15, -0.1) is 0 Å². The van der Waals surface area contributed by atoms with Gasteiger partial charge in [-0.25, -0.2) is 0 Å². The molecule has 0 saturated heterocycles. The lowest BCUT2D eigenvalue weighted by atomic mass is 9.94. The SMILES string of the molecule is CNCC1(c2cn(C)c3c(C)cc(C)cc23)CC1. The minimum Gasteiger partial charge on any atom is -0.350 e. The predicted molar refractivity (Wildman–Crippen MR) is 77.2 cm³/mol. The summed E-state index contributed by atoms with van der Waals surface area (Å²) in [6.07, 6.45) is 4.99. The van der Waals surface area contributed by atoms with Gasteiger partial charge in [0.25, 0.3) is 0 Å². The molecule has 1 aliphatic rings. The first-order valence-corrected chi connectivity index (χ1v) is 6.79. The quantitative estimate of drug-likeness (QED) is 0.875. The Hall–Kier alpha value is -1.28. The molecule has 1 saturated carbocycles. The zero-order valence-corrected chi connectivity index (χ0v) is 11.8. The van der Waals surface area contributed by atoms with E-state index in [-0.39, 0.29) is 0 Å². The van der Waals surface area contributed by atoms with Crippen LogP contribution < -0.4 is 5.32 Å². The maximum absolute atomic E-state index is 3.36. The number of nitrogens with one attached hydrogen (secondary N) is 1. The second-order valence-corrected chi connectivity index (χ2v) is 5.94. The van der Waals surface area contributed by atoms with Crippen molar-refractivity contribution in [3.63, 3.8) is 0 Å². The molecule has 2 nitrogen and oxygen atoms in total. The number of hydrogen-bond donors (Lipinski definition) is 1. The van der Waals surface area contributed by atoms with Gasteiger partial charge >= 0.3 is 0 Å². The third-order valence-corrected chi connectivity index (χ3v) is 4.35. The molecule has 0 aliphatic heterocycles. The summed E-state index contributed by atoms with van der Waals surface area (Å²) in [4.78, 5) is 0. The van der Waals surface area contributed by atoms with Crippen molar-refractivity contribution in [2.45, 2.75) is 32.1 Å². The molecule has 18 heavy (non-hydrogen) atoms. The summed E-state index contributed by atoms with van der Waals surface area (Å²) >= 11 is 0. The van der Waals surface area contributed by atoms with Crippen LogP contribution in [0.1, 0.15) is 29.5 Å². The highest BCUT2D eigenvalue weighted by molar-refractivity contribution is 5.89.